The van der Waals surface area contributed by atoms with Gasteiger partial charge in [-0.25, -0.2) is 8.96 Å². The second kappa shape index (κ2) is 9.52. The second-order valence-corrected chi connectivity index (χ2v) is 11.6. The Kier molecular flexibility index (Phi) is 6.48. The van der Waals surface area contributed by atoms with E-state index in [0.29, 0.717) is 27.2 Å². The van der Waals surface area contributed by atoms with Gasteiger partial charge < -0.3 is 9.67 Å². The molecule has 1 N–H and O–H groups in total. The molecule has 2 heterocycles. The molecular weight excluding hydrogens is 524 g/mol. The molecule has 0 aliphatic heterocycles. The number of aromatic nitrogens is 3. The summed E-state index contributed by atoms with van der Waals surface area (Å²) in [4.78, 5) is 17.1. The van der Waals surface area contributed by atoms with Gasteiger partial charge >= 0.3 is 10.2 Å². The standard InChI is InChI=1S/C28H25ClN4O4S/c1-31(2)38(36,37)33-17-26(30-18-33)28(35,20-9-12-22(29)13-10-20)21-11-14-25-24(15-21)23(16-27(34)32(25)3)19-7-5-4-6-8-19/h4-18,35H,1-3H3. The minimum Gasteiger partial charge on any atom is -0.374 e. The van der Waals surface area contributed by atoms with E-state index in [9.17, 15) is 18.3 Å². The molecule has 0 saturated carbocycles. The molecule has 0 aliphatic rings. The highest BCUT2D eigenvalue weighted by molar-refractivity contribution is 7.87. The molecule has 1 unspecified atom stereocenters. The van der Waals surface area contributed by atoms with Gasteiger partial charge in [-0.3, -0.25) is 4.79 Å². The Morgan fingerprint density at radius 2 is 1.61 bits per heavy atom. The van der Waals surface area contributed by atoms with Gasteiger partial charge in [0.05, 0.1) is 5.52 Å². The molecule has 0 aliphatic carbocycles. The summed E-state index contributed by atoms with van der Waals surface area (Å²) in [5.74, 6) is 0. The van der Waals surface area contributed by atoms with Gasteiger partial charge in [0, 0.05) is 43.8 Å². The molecule has 3 aromatic carbocycles. The van der Waals surface area contributed by atoms with E-state index in [1.165, 1.54) is 20.3 Å². The first kappa shape index (κ1) is 25.9. The van der Waals surface area contributed by atoms with Gasteiger partial charge in [0.15, 0.2) is 5.60 Å². The molecule has 10 heteroatoms. The maximum Gasteiger partial charge on any atom is 0.308 e. The van der Waals surface area contributed by atoms with Crippen molar-refractivity contribution in [2.45, 2.75) is 5.60 Å². The molecule has 194 valence electrons. The van der Waals surface area contributed by atoms with Crippen molar-refractivity contribution in [3.05, 3.63) is 124 Å². The van der Waals surface area contributed by atoms with E-state index in [1.54, 1.807) is 54.1 Å². The summed E-state index contributed by atoms with van der Waals surface area (Å²) in [6.07, 6.45) is 2.46. The number of rotatable bonds is 6. The Balaban J connectivity index is 1.81. The highest BCUT2D eigenvalue weighted by Gasteiger charge is 2.37. The molecule has 0 spiro atoms. The largest absolute Gasteiger partial charge is 0.374 e. The van der Waals surface area contributed by atoms with Crippen molar-refractivity contribution in [2.24, 2.45) is 7.05 Å². The maximum absolute atomic E-state index is 12.8. The van der Waals surface area contributed by atoms with Crippen LogP contribution in [-0.2, 0) is 22.9 Å². The van der Waals surface area contributed by atoms with Crippen LogP contribution in [0.25, 0.3) is 22.0 Å². The van der Waals surface area contributed by atoms with E-state index in [-0.39, 0.29) is 11.3 Å². The number of nitrogens with zero attached hydrogens (tertiary/aromatic N) is 4. The molecule has 0 saturated heterocycles. The lowest BCUT2D eigenvalue weighted by molar-refractivity contribution is 0.121. The molecule has 0 fully saturated rings. The third-order valence-electron chi connectivity index (χ3n) is 6.67. The van der Waals surface area contributed by atoms with E-state index in [2.05, 4.69) is 4.98 Å². The van der Waals surface area contributed by atoms with Crippen LogP contribution in [0.3, 0.4) is 0 Å². The Labute approximate surface area is 225 Å². The van der Waals surface area contributed by atoms with Crippen molar-refractivity contribution in [1.82, 2.24) is 17.8 Å². The first-order chi connectivity index (χ1) is 18.0. The number of hydrogen-bond donors (Lipinski definition) is 1. The summed E-state index contributed by atoms with van der Waals surface area (Å²) in [5, 5.41) is 13.6. The summed E-state index contributed by atoms with van der Waals surface area (Å²) in [5.41, 5.74) is 1.23. The van der Waals surface area contributed by atoms with E-state index in [4.69, 9.17) is 11.6 Å². The fourth-order valence-corrected chi connectivity index (χ4v) is 5.41. The van der Waals surface area contributed by atoms with Gasteiger partial charge in [0.1, 0.15) is 12.0 Å². The van der Waals surface area contributed by atoms with Crippen LogP contribution >= 0.6 is 11.6 Å². The molecule has 8 nitrogen and oxygen atoms in total. The summed E-state index contributed by atoms with van der Waals surface area (Å²) in [6, 6.07) is 23.0. The minimum atomic E-state index is -3.86. The van der Waals surface area contributed by atoms with E-state index in [1.807, 2.05) is 36.4 Å². The zero-order valence-corrected chi connectivity index (χ0v) is 22.5. The lowest BCUT2D eigenvalue weighted by Gasteiger charge is -2.28. The number of hydrogen-bond acceptors (Lipinski definition) is 5. The zero-order valence-electron chi connectivity index (χ0n) is 20.9. The normalized spacial score (nSPS) is 13.6. The van der Waals surface area contributed by atoms with E-state index in [0.717, 1.165) is 25.6 Å². The third-order valence-corrected chi connectivity index (χ3v) is 8.58. The van der Waals surface area contributed by atoms with Crippen molar-refractivity contribution in [3.63, 3.8) is 0 Å². The Morgan fingerprint density at radius 1 is 0.947 bits per heavy atom. The summed E-state index contributed by atoms with van der Waals surface area (Å²) < 4.78 is 29.1. The predicted octanol–water partition coefficient (Wildman–Crippen LogP) is 3.99. The molecule has 5 rings (SSSR count). The molecule has 38 heavy (non-hydrogen) atoms. The number of benzene rings is 3. The van der Waals surface area contributed by atoms with Gasteiger partial charge in [0.2, 0.25) is 0 Å². The van der Waals surface area contributed by atoms with Crippen LogP contribution in [0.4, 0.5) is 0 Å². The van der Waals surface area contributed by atoms with Crippen LogP contribution in [0.5, 0.6) is 0 Å². The fourth-order valence-electron chi connectivity index (χ4n) is 4.50. The van der Waals surface area contributed by atoms with Crippen LogP contribution in [0, 0.1) is 0 Å². The Morgan fingerprint density at radius 3 is 2.26 bits per heavy atom. The smallest absolute Gasteiger partial charge is 0.308 e. The summed E-state index contributed by atoms with van der Waals surface area (Å²) in [6.45, 7) is 0. The number of imidazole rings is 1. The highest BCUT2D eigenvalue weighted by atomic mass is 35.5. The van der Waals surface area contributed by atoms with Crippen LogP contribution in [0.15, 0.2) is 96.2 Å². The van der Waals surface area contributed by atoms with Gasteiger partial charge in [-0.15, -0.1) is 0 Å². The molecule has 1 atom stereocenters. The zero-order chi connectivity index (χ0) is 27.2. The van der Waals surface area contributed by atoms with Gasteiger partial charge in [-0.1, -0.05) is 60.1 Å². The first-order valence-corrected chi connectivity index (χ1v) is 13.5. The maximum atomic E-state index is 12.8. The monoisotopic (exact) mass is 548 g/mol. The number of aryl methyl sites for hydroxylation is 1. The molecule has 5 aromatic rings. The third kappa shape index (κ3) is 4.23. The number of pyridine rings is 1. The molecule has 2 aromatic heterocycles. The SMILES string of the molecule is CN(C)S(=O)(=O)n1cnc(C(O)(c2ccc(Cl)cc2)c2ccc3c(c2)c(-c2ccccc2)cc(=O)n3C)c1. The van der Waals surface area contributed by atoms with Crippen LogP contribution < -0.4 is 5.56 Å². The molecule has 0 bridgehead atoms. The van der Waals surface area contributed by atoms with Crippen molar-refractivity contribution in [1.29, 1.82) is 0 Å². The number of halogens is 1. The fraction of sp³-hybridized carbons (Fsp3) is 0.143. The summed E-state index contributed by atoms with van der Waals surface area (Å²) in [7, 11) is 0.666. The van der Waals surface area contributed by atoms with Gasteiger partial charge in [0.25, 0.3) is 5.56 Å². The van der Waals surface area contributed by atoms with E-state index < -0.39 is 15.8 Å². The highest BCUT2D eigenvalue weighted by Crippen LogP contribution is 2.39. The average Bonchev–Trinajstić information content (AvgIpc) is 3.43. The lowest BCUT2D eigenvalue weighted by Crippen LogP contribution is -2.30. The van der Waals surface area contributed by atoms with E-state index >= 15 is 0 Å². The number of fused-ring (bicyclic) bond motifs is 1. The molecule has 0 amide bonds. The number of aliphatic hydroxyl groups is 1. The Bertz CT molecular complexity index is 1810. The lowest BCUT2D eigenvalue weighted by atomic mass is 9.82. The van der Waals surface area contributed by atoms with Gasteiger partial charge in [-0.05, 0) is 46.5 Å². The van der Waals surface area contributed by atoms with Crippen molar-refractivity contribution < 1.29 is 13.5 Å². The van der Waals surface area contributed by atoms with Crippen LogP contribution in [0.2, 0.25) is 5.02 Å². The summed E-state index contributed by atoms with van der Waals surface area (Å²) >= 11 is 6.13. The van der Waals surface area contributed by atoms with Crippen molar-refractivity contribution >= 4 is 32.7 Å². The molecular formula is C28H25ClN4O4S. The van der Waals surface area contributed by atoms with Crippen LogP contribution in [0.1, 0.15) is 16.8 Å². The van der Waals surface area contributed by atoms with Crippen LogP contribution in [-0.4, -0.2) is 45.4 Å². The Hall–Kier alpha value is -3.76. The quantitative estimate of drug-likeness (QED) is 0.346. The van der Waals surface area contributed by atoms with Gasteiger partial charge in [-0.2, -0.15) is 12.7 Å². The molecule has 0 radical (unpaired) electrons. The minimum absolute atomic E-state index is 0.107. The van der Waals surface area contributed by atoms with Crippen molar-refractivity contribution in [2.75, 3.05) is 14.1 Å². The second-order valence-electron chi connectivity index (χ2n) is 9.15. The first-order valence-electron chi connectivity index (χ1n) is 11.7. The predicted molar refractivity (Wildman–Crippen MR) is 148 cm³/mol. The van der Waals surface area contributed by atoms with Crippen molar-refractivity contribution in [3.8, 4) is 11.1 Å². The average molecular weight is 549 g/mol. The topological polar surface area (TPSA) is 97.4 Å².